The van der Waals surface area contributed by atoms with Gasteiger partial charge in [-0.05, 0) is 54.3 Å². The highest BCUT2D eigenvalue weighted by atomic mass is 32.1. The molecule has 154 valence electrons. The number of nitrogens with zero attached hydrogens (tertiary/aromatic N) is 2. The molecule has 3 heterocycles. The second-order valence-electron chi connectivity index (χ2n) is 7.93. The molecule has 1 aromatic heterocycles. The van der Waals surface area contributed by atoms with E-state index in [1.54, 1.807) is 16.2 Å². The monoisotopic (exact) mass is 412 g/mol. The van der Waals surface area contributed by atoms with Crippen molar-refractivity contribution in [2.24, 2.45) is 0 Å². The third kappa shape index (κ3) is 4.23. The van der Waals surface area contributed by atoms with E-state index < -0.39 is 0 Å². The van der Waals surface area contributed by atoms with Crippen LogP contribution in [0, 0.1) is 6.92 Å². The van der Waals surface area contributed by atoms with Gasteiger partial charge in [-0.3, -0.25) is 9.59 Å². The summed E-state index contributed by atoms with van der Waals surface area (Å²) in [4.78, 5) is 30.6. The number of thiophene rings is 1. The van der Waals surface area contributed by atoms with E-state index >= 15 is 0 Å². The molecular weight excluding hydrogens is 384 g/mol. The van der Waals surface area contributed by atoms with Gasteiger partial charge < -0.3 is 14.5 Å². The Morgan fingerprint density at radius 3 is 2.79 bits per heavy atom. The van der Waals surface area contributed by atoms with Crippen molar-refractivity contribution in [1.82, 2.24) is 9.80 Å². The molecule has 2 amide bonds. The van der Waals surface area contributed by atoms with Crippen molar-refractivity contribution in [2.75, 3.05) is 26.2 Å². The first-order chi connectivity index (χ1) is 14.0. The smallest absolute Gasteiger partial charge is 0.242 e. The first-order valence-corrected chi connectivity index (χ1v) is 11.2. The lowest BCUT2D eigenvalue weighted by atomic mass is 9.90. The predicted molar refractivity (Wildman–Crippen MR) is 114 cm³/mol. The highest BCUT2D eigenvalue weighted by Crippen LogP contribution is 2.39. The van der Waals surface area contributed by atoms with Crippen LogP contribution in [0.15, 0.2) is 35.7 Å². The van der Waals surface area contributed by atoms with Crippen LogP contribution >= 0.6 is 11.3 Å². The van der Waals surface area contributed by atoms with E-state index in [0.717, 1.165) is 31.4 Å². The summed E-state index contributed by atoms with van der Waals surface area (Å²) in [6.45, 7) is 5.65. The maximum atomic E-state index is 13.4. The maximum absolute atomic E-state index is 13.4. The van der Waals surface area contributed by atoms with Gasteiger partial charge in [0.1, 0.15) is 0 Å². The van der Waals surface area contributed by atoms with E-state index in [1.165, 1.54) is 22.9 Å². The van der Waals surface area contributed by atoms with Gasteiger partial charge in [0.25, 0.3) is 0 Å². The van der Waals surface area contributed by atoms with E-state index in [2.05, 4.69) is 30.5 Å². The number of ether oxygens (including phenoxy) is 1. The Morgan fingerprint density at radius 2 is 2.07 bits per heavy atom. The molecular formula is C23H28N2O3S. The van der Waals surface area contributed by atoms with Gasteiger partial charge in [-0.25, -0.2) is 0 Å². The number of benzene rings is 1. The van der Waals surface area contributed by atoms with Gasteiger partial charge in [0.2, 0.25) is 11.8 Å². The van der Waals surface area contributed by atoms with Crippen LogP contribution in [0.4, 0.5) is 0 Å². The number of rotatable bonds is 5. The van der Waals surface area contributed by atoms with Crippen LogP contribution in [0.2, 0.25) is 0 Å². The summed E-state index contributed by atoms with van der Waals surface area (Å²) in [5.41, 5.74) is 3.56. The van der Waals surface area contributed by atoms with Crippen molar-refractivity contribution in [3.63, 3.8) is 0 Å². The summed E-state index contributed by atoms with van der Waals surface area (Å²) < 4.78 is 5.69. The summed E-state index contributed by atoms with van der Waals surface area (Å²) >= 11 is 1.76. The molecule has 2 atom stereocenters. The molecule has 0 N–H and O–H groups in total. The van der Waals surface area contributed by atoms with E-state index in [-0.39, 0.29) is 30.5 Å². The Bertz CT molecular complexity index is 888. The molecule has 0 radical (unpaired) electrons. The quantitative estimate of drug-likeness (QED) is 0.755. The number of carbonyl (C=O) groups is 2. The van der Waals surface area contributed by atoms with E-state index in [0.29, 0.717) is 13.1 Å². The van der Waals surface area contributed by atoms with Gasteiger partial charge in [0, 0.05) is 31.5 Å². The van der Waals surface area contributed by atoms with Crippen LogP contribution in [0.25, 0.3) is 0 Å². The Kier molecular flexibility index (Phi) is 6.01. The normalized spacial score (nSPS) is 21.1. The number of carbonyl (C=O) groups excluding carboxylic acids is 2. The number of hydrogen-bond donors (Lipinski definition) is 0. The topological polar surface area (TPSA) is 49.9 Å². The zero-order chi connectivity index (χ0) is 20.4. The van der Waals surface area contributed by atoms with Gasteiger partial charge in [-0.1, -0.05) is 24.3 Å². The first-order valence-electron chi connectivity index (χ1n) is 10.3. The van der Waals surface area contributed by atoms with Crippen LogP contribution in [0.3, 0.4) is 0 Å². The molecule has 0 bridgehead atoms. The van der Waals surface area contributed by atoms with Gasteiger partial charge >= 0.3 is 0 Å². The molecule has 1 saturated heterocycles. The lowest BCUT2D eigenvalue weighted by molar-refractivity contribution is -0.141. The molecule has 1 aromatic carbocycles. The third-order valence-corrected chi connectivity index (χ3v) is 6.99. The van der Waals surface area contributed by atoms with E-state index in [9.17, 15) is 9.59 Å². The molecule has 2 aromatic rings. The SMILES string of the molecule is CC(=O)N(CC(=O)N1CCc2sccc2[C@H]1c1ccccc1C)C[C@H]1CCCO1. The summed E-state index contributed by atoms with van der Waals surface area (Å²) in [5.74, 6) is -0.0715. The maximum Gasteiger partial charge on any atom is 0.242 e. The molecule has 0 saturated carbocycles. The van der Waals surface area contributed by atoms with Crippen LogP contribution in [0.5, 0.6) is 0 Å². The Balaban J connectivity index is 1.59. The van der Waals surface area contributed by atoms with Gasteiger partial charge in [0.15, 0.2) is 0 Å². The molecule has 5 nitrogen and oxygen atoms in total. The summed E-state index contributed by atoms with van der Waals surface area (Å²) in [6, 6.07) is 10.3. The van der Waals surface area contributed by atoms with Gasteiger partial charge in [-0.15, -0.1) is 11.3 Å². The second kappa shape index (κ2) is 8.67. The average Bonchev–Trinajstić information content (AvgIpc) is 3.38. The van der Waals surface area contributed by atoms with Crippen molar-refractivity contribution in [3.8, 4) is 0 Å². The fraction of sp³-hybridized carbons (Fsp3) is 0.478. The van der Waals surface area contributed by atoms with Gasteiger partial charge in [-0.2, -0.15) is 0 Å². The molecule has 6 heteroatoms. The molecule has 1 fully saturated rings. The van der Waals surface area contributed by atoms with Crippen molar-refractivity contribution in [1.29, 1.82) is 0 Å². The highest BCUT2D eigenvalue weighted by Gasteiger charge is 2.34. The van der Waals surface area contributed by atoms with Crippen LogP contribution in [-0.2, 0) is 20.7 Å². The minimum Gasteiger partial charge on any atom is -0.376 e. The zero-order valence-electron chi connectivity index (χ0n) is 17.1. The van der Waals surface area contributed by atoms with Crippen molar-refractivity contribution in [2.45, 2.75) is 45.3 Å². The minimum absolute atomic E-state index is 0.00306. The predicted octanol–water partition coefficient (Wildman–Crippen LogP) is 3.56. The second-order valence-corrected chi connectivity index (χ2v) is 8.93. The number of hydrogen-bond acceptors (Lipinski definition) is 4. The molecule has 0 aliphatic carbocycles. The zero-order valence-corrected chi connectivity index (χ0v) is 17.9. The van der Waals surface area contributed by atoms with Crippen LogP contribution in [0.1, 0.15) is 47.4 Å². The molecule has 2 aliphatic heterocycles. The number of amides is 2. The molecule has 0 unspecified atom stereocenters. The third-order valence-electron chi connectivity index (χ3n) is 5.99. The lowest BCUT2D eigenvalue weighted by Crippen LogP contribution is -2.48. The van der Waals surface area contributed by atoms with E-state index in [1.807, 2.05) is 17.0 Å². The molecule has 0 spiro atoms. The van der Waals surface area contributed by atoms with Gasteiger partial charge in [0.05, 0.1) is 18.7 Å². The number of aryl methyl sites for hydroxylation is 1. The first kappa shape index (κ1) is 20.1. The average molecular weight is 413 g/mol. The fourth-order valence-electron chi connectivity index (χ4n) is 4.41. The van der Waals surface area contributed by atoms with Crippen molar-refractivity contribution in [3.05, 3.63) is 57.3 Å². The highest BCUT2D eigenvalue weighted by molar-refractivity contribution is 7.10. The Labute approximate surface area is 176 Å². The molecule has 29 heavy (non-hydrogen) atoms. The van der Waals surface area contributed by atoms with E-state index in [4.69, 9.17) is 4.74 Å². The Hall–Kier alpha value is -2.18. The van der Waals surface area contributed by atoms with Crippen LogP contribution in [-0.4, -0.2) is 54.0 Å². The lowest BCUT2D eigenvalue weighted by Gasteiger charge is -2.38. The van der Waals surface area contributed by atoms with Crippen molar-refractivity contribution >= 4 is 23.2 Å². The Morgan fingerprint density at radius 1 is 1.24 bits per heavy atom. The van der Waals surface area contributed by atoms with Crippen molar-refractivity contribution < 1.29 is 14.3 Å². The largest absolute Gasteiger partial charge is 0.376 e. The summed E-state index contributed by atoms with van der Waals surface area (Å²) in [5, 5.41) is 2.11. The molecule has 4 rings (SSSR count). The minimum atomic E-state index is -0.0877. The summed E-state index contributed by atoms with van der Waals surface area (Å²) in [6.07, 6.45) is 2.88. The summed E-state index contributed by atoms with van der Waals surface area (Å²) in [7, 11) is 0. The van der Waals surface area contributed by atoms with Crippen LogP contribution < -0.4 is 0 Å². The standard InChI is InChI=1S/C23H28N2O3S/c1-16-6-3-4-8-19(16)23-20-10-13-29-21(20)9-11-25(23)22(27)15-24(17(2)26)14-18-7-5-12-28-18/h3-4,6,8,10,13,18,23H,5,7,9,11-12,14-15H2,1-2H3/t18-,23-/m1/s1. The number of fused-ring (bicyclic) bond motifs is 1. The molecule has 2 aliphatic rings. The fourth-order valence-corrected chi connectivity index (χ4v) is 5.31.